The summed E-state index contributed by atoms with van der Waals surface area (Å²) in [5.41, 5.74) is 1.98. The Morgan fingerprint density at radius 3 is 2.52 bits per heavy atom. The van der Waals surface area contributed by atoms with E-state index < -0.39 is 24.2 Å². The van der Waals surface area contributed by atoms with Gasteiger partial charge >= 0.3 is 0 Å². The zero-order chi connectivity index (χ0) is 30.2. The van der Waals surface area contributed by atoms with Crippen LogP contribution in [-0.4, -0.2) is 84.2 Å². The Kier molecular flexibility index (Phi) is 11.5. The van der Waals surface area contributed by atoms with Gasteiger partial charge in [-0.15, -0.1) is 0 Å². The number of hydrogen-bond acceptors (Lipinski definition) is 8. The maximum atomic E-state index is 13.8. The molecule has 11 heteroatoms. The van der Waals surface area contributed by atoms with Gasteiger partial charge in [0.15, 0.2) is 11.5 Å². The van der Waals surface area contributed by atoms with Crippen molar-refractivity contribution in [1.82, 2.24) is 10.2 Å². The van der Waals surface area contributed by atoms with Gasteiger partial charge in [0.1, 0.15) is 18.0 Å². The number of benzene rings is 2. The van der Waals surface area contributed by atoms with Crippen LogP contribution in [0.2, 0.25) is 0 Å². The maximum Gasteiger partial charge on any atom is 0.247 e. The third-order valence-corrected chi connectivity index (χ3v) is 8.65. The van der Waals surface area contributed by atoms with Crippen molar-refractivity contribution in [3.05, 3.63) is 62.7 Å². The van der Waals surface area contributed by atoms with E-state index >= 15 is 0 Å². The molecule has 4 rings (SSSR count). The van der Waals surface area contributed by atoms with E-state index in [-0.39, 0.29) is 38.0 Å². The summed E-state index contributed by atoms with van der Waals surface area (Å²) in [6.45, 7) is 0.0180. The second kappa shape index (κ2) is 15.0. The summed E-state index contributed by atoms with van der Waals surface area (Å²) in [7, 11) is 3.09. The molecular weight excluding hydrogens is 655 g/mol. The van der Waals surface area contributed by atoms with Crippen molar-refractivity contribution in [3.63, 3.8) is 0 Å². The smallest absolute Gasteiger partial charge is 0.247 e. The van der Waals surface area contributed by atoms with Crippen LogP contribution in [0.3, 0.4) is 0 Å². The molecule has 1 saturated carbocycles. The summed E-state index contributed by atoms with van der Waals surface area (Å²) < 4.78 is 17.9. The molecule has 0 spiro atoms. The van der Waals surface area contributed by atoms with Crippen molar-refractivity contribution in [2.75, 3.05) is 33.9 Å². The standard InChI is InChI=1S/C31H39IN2O8/c1-40-23-8-3-5-19(13-23)9-11-34(31(39)21-6-4-7-21)25-16-22(30(38)33-10-12-35)17-26(28(25)37)42-29-24(32)14-20(18-36)15-27(29)41-2/h3,5,8,13-15,17,21,25-26,28,35-37H,4,6-7,9-12,16,18H2,1-2H3,(H,33,38). The molecule has 2 aliphatic rings. The Morgan fingerprint density at radius 1 is 1.10 bits per heavy atom. The molecule has 10 nitrogen and oxygen atoms in total. The number of carbonyl (C=O) groups excluding carboxylic acids is 2. The lowest BCUT2D eigenvalue weighted by molar-refractivity contribution is -0.145. The van der Waals surface area contributed by atoms with Crippen molar-refractivity contribution in [2.24, 2.45) is 5.92 Å². The average Bonchev–Trinajstić information content (AvgIpc) is 2.97. The zero-order valence-electron chi connectivity index (χ0n) is 23.9. The molecule has 0 aromatic heterocycles. The van der Waals surface area contributed by atoms with Gasteiger partial charge in [-0.3, -0.25) is 9.59 Å². The first-order valence-corrected chi connectivity index (χ1v) is 15.2. The summed E-state index contributed by atoms with van der Waals surface area (Å²) in [5.74, 6) is 0.905. The van der Waals surface area contributed by atoms with Crippen molar-refractivity contribution < 1.29 is 39.1 Å². The molecule has 2 aromatic carbocycles. The van der Waals surface area contributed by atoms with Crippen LogP contribution in [0.5, 0.6) is 17.2 Å². The van der Waals surface area contributed by atoms with E-state index in [2.05, 4.69) is 27.9 Å². The third-order valence-electron chi connectivity index (χ3n) is 7.85. The molecule has 0 heterocycles. The number of aliphatic hydroxyl groups is 3. The van der Waals surface area contributed by atoms with Gasteiger partial charge < -0.3 is 39.7 Å². The molecule has 4 N–H and O–H groups in total. The highest BCUT2D eigenvalue weighted by Crippen LogP contribution is 2.38. The van der Waals surface area contributed by atoms with E-state index in [0.29, 0.717) is 39.2 Å². The van der Waals surface area contributed by atoms with E-state index in [9.17, 15) is 24.9 Å². The summed E-state index contributed by atoms with van der Waals surface area (Å²) in [6, 6.07) is 10.3. The van der Waals surface area contributed by atoms with Gasteiger partial charge in [-0.1, -0.05) is 18.6 Å². The molecule has 2 aromatic rings. The fourth-order valence-electron chi connectivity index (χ4n) is 5.30. The lowest BCUT2D eigenvalue weighted by Crippen LogP contribution is -2.57. The summed E-state index contributed by atoms with van der Waals surface area (Å²) in [5, 5.41) is 33.3. The Morgan fingerprint density at radius 2 is 1.88 bits per heavy atom. The first kappa shape index (κ1) is 32.1. The molecule has 0 aliphatic heterocycles. The Hall–Kier alpha value is -2.87. The SMILES string of the molecule is COc1cccc(CCN(C(=O)C2CCC2)C2CC(C(=O)NCCO)=CC(Oc3c(I)cc(CO)cc3OC)C2O)c1. The number of aliphatic hydroxyl groups excluding tert-OH is 3. The minimum Gasteiger partial charge on any atom is -0.497 e. The summed E-state index contributed by atoms with van der Waals surface area (Å²) >= 11 is 2.07. The molecule has 0 saturated heterocycles. The largest absolute Gasteiger partial charge is 0.497 e. The maximum absolute atomic E-state index is 13.8. The minimum absolute atomic E-state index is 0.0385. The molecule has 2 aliphatic carbocycles. The fourth-order valence-corrected chi connectivity index (χ4v) is 6.09. The van der Waals surface area contributed by atoms with Crippen LogP contribution >= 0.6 is 22.6 Å². The van der Waals surface area contributed by atoms with Crippen molar-refractivity contribution in [2.45, 2.75) is 57.0 Å². The van der Waals surface area contributed by atoms with Gasteiger partial charge in [-0.05, 0) is 83.3 Å². The van der Waals surface area contributed by atoms with Crippen LogP contribution in [0.4, 0.5) is 0 Å². The van der Waals surface area contributed by atoms with Gasteiger partial charge in [0.25, 0.3) is 0 Å². The Bertz CT molecular complexity index is 1280. The lowest BCUT2D eigenvalue weighted by atomic mass is 9.82. The number of carbonyl (C=O) groups is 2. The van der Waals surface area contributed by atoms with Crippen LogP contribution in [0, 0.1) is 9.49 Å². The quantitative estimate of drug-likeness (QED) is 0.235. The zero-order valence-corrected chi connectivity index (χ0v) is 26.1. The van der Waals surface area contributed by atoms with Gasteiger partial charge in [-0.2, -0.15) is 0 Å². The van der Waals surface area contributed by atoms with Crippen LogP contribution in [0.15, 0.2) is 48.0 Å². The minimum atomic E-state index is -1.15. The van der Waals surface area contributed by atoms with Crippen LogP contribution in [0.25, 0.3) is 0 Å². The molecule has 1 fully saturated rings. The van der Waals surface area contributed by atoms with Crippen molar-refractivity contribution in [3.8, 4) is 17.2 Å². The molecular formula is C31H39IN2O8. The van der Waals surface area contributed by atoms with Gasteiger partial charge in [0.2, 0.25) is 11.8 Å². The number of rotatable bonds is 13. The summed E-state index contributed by atoms with van der Waals surface area (Å²) in [4.78, 5) is 28.6. The van der Waals surface area contributed by atoms with Crippen molar-refractivity contribution in [1.29, 1.82) is 0 Å². The Labute approximate surface area is 259 Å². The van der Waals surface area contributed by atoms with Gasteiger partial charge in [0, 0.05) is 31.0 Å². The third kappa shape index (κ3) is 7.55. The first-order valence-electron chi connectivity index (χ1n) is 14.1. The summed E-state index contributed by atoms with van der Waals surface area (Å²) in [6.07, 6.45) is 2.70. The van der Waals surface area contributed by atoms with Crippen LogP contribution in [-0.2, 0) is 22.6 Å². The predicted octanol–water partition coefficient (Wildman–Crippen LogP) is 2.59. The van der Waals surface area contributed by atoms with E-state index in [4.69, 9.17) is 14.2 Å². The number of hydrogen-bond donors (Lipinski definition) is 4. The van der Waals surface area contributed by atoms with E-state index in [1.807, 2.05) is 24.3 Å². The predicted molar refractivity (Wildman–Crippen MR) is 164 cm³/mol. The highest BCUT2D eigenvalue weighted by molar-refractivity contribution is 14.1. The highest BCUT2D eigenvalue weighted by Gasteiger charge is 2.43. The van der Waals surface area contributed by atoms with Crippen molar-refractivity contribution >= 4 is 34.4 Å². The molecule has 42 heavy (non-hydrogen) atoms. The van der Waals surface area contributed by atoms with E-state index in [1.54, 1.807) is 30.2 Å². The number of methoxy groups -OCH3 is 2. The van der Waals surface area contributed by atoms with Crippen LogP contribution in [0.1, 0.15) is 36.8 Å². The molecule has 3 unspecified atom stereocenters. The number of nitrogens with zero attached hydrogens (tertiary/aromatic N) is 1. The molecule has 0 radical (unpaired) electrons. The van der Waals surface area contributed by atoms with Crippen LogP contribution < -0.4 is 19.5 Å². The number of ether oxygens (including phenoxy) is 3. The number of halogens is 1. The number of amides is 2. The monoisotopic (exact) mass is 694 g/mol. The van der Waals surface area contributed by atoms with E-state index in [0.717, 1.165) is 30.6 Å². The lowest BCUT2D eigenvalue weighted by Gasteiger charge is -2.43. The number of nitrogens with one attached hydrogen (secondary N) is 1. The van der Waals surface area contributed by atoms with Gasteiger partial charge in [0.05, 0.1) is 37.0 Å². The second-order valence-electron chi connectivity index (χ2n) is 10.5. The van der Waals surface area contributed by atoms with E-state index in [1.165, 1.54) is 7.11 Å². The highest BCUT2D eigenvalue weighted by atomic mass is 127. The average molecular weight is 695 g/mol. The molecule has 3 atom stereocenters. The normalized spacial score (nSPS) is 20.2. The molecule has 2 amide bonds. The molecule has 228 valence electrons. The fraction of sp³-hybridized carbons (Fsp3) is 0.484. The topological polar surface area (TPSA) is 138 Å². The van der Waals surface area contributed by atoms with Gasteiger partial charge in [-0.25, -0.2) is 0 Å². The first-order chi connectivity index (χ1) is 20.3. The Balaban J connectivity index is 1.68. The second-order valence-corrected chi connectivity index (χ2v) is 11.7. The molecule has 0 bridgehead atoms.